The average Bonchev–Trinajstić information content (AvgIpc) is 3.71. The molecule has 0 fully saturated rings. The van der Waals surface area contributed by atoms with Gasteiger partial charge >= 0.3 is 0 Å². The van der Waals surface area contributed by atoms with E-state index < -0.39 is 11.6 Å². The van der Waals surface area contributed by atoms with Gasteiger partial charge in [-0.2, -0.15) is 5.10 Å². The molecule has 5 heterocycles. The van der Waals surface area contributed by atoms with Crippen molar-refractivity contribution in [1.82, 2.24) is 29.6 Å². The molecule has 6 aromatic rings. The lowest BCUT2D eigenvalue weighted by Crippen LogP contribution is -2.31. The fourth-order valence-electron chi connectivity index (χ4n) is 5.84. The highest BCUT2D eigenvalue weighted by atomic mass is 32.1. The highest BCUT2D eigenvalue weighted by Gasteiger charge is 2.28. The standard InChI is InChI=1S/C32H30F2N6O2S/c1-17-26-16-24(38-40(26)9-8-35-17)31-28(29-22(34)14-20(33)15-27(29)42-11-10-41-4)21-7-12-43-32(21)30(37-31)19-5-6-25-23(13-19)36-18(2)39(25)3/h5-7,12-17,35H,8-11H2,1-4H3. The summed E-state index contributed by atoms with van der Waals surface area (Å²) in [5, 5.41) is 11.2. The van der Waals surface area contributed by atoms with Crippen LogP contribution in [0.15, 0.2) is 47.8 Å². The van der Waals surface area contributed by atoms with Gasteiger partial charge in [0.05, 0.1) is 45.8 Å². The average molecular weight is 601 g/mol. The molecule has 1 unspecified atom stereocenters. The number of pyridine rings is 1. The minimum Gasteiger partial charge on any atom is -0.490 e. The van der Waals surface area contributed by atoms with Crippen LogP contribution >= 0.6 is 11.3 Å². The summed E-state index contributed by atoms with van der Waals surface area (Å²) in [5.74, 6) is -0.462. The van der Waals surface area contributed by atoms with Gasteiger partial charge in [0, 0.05) is 55.4 Å². The molecule has 1 atom stereocenters. The number of aryl methyl sites for hydroxylation is 2. The van der Waals surface area contributed by atoms with Crippen LogP contribution in [-0.2, 0) is 18.3 Å². The lowest BCUT2D eigenvalue weighted by molar-refractivity contribution is 0.146. The summed E-state index contributed by atoms with van der Waals surface area (Å²) in [4.78, 5) is 9.97. The molecule has 0 saturated carbocycles. The molecule has 4 aromatic heterocycles. The van der Waals surface area contributed by atoms with Crippen LogP contribution in [0.1, 0.15) is 24.5 Å². The second kappa shape index (κ2) is 10.8. The maximum Gasteiger partial charge on any atom is 0.137 e. The van der Waals surface area contributed by atoms with Crippen molar-refractivity contribution in [3.63, 3.8) is 0 Å². The van der Waals surface area contributed by atoms with E-state index in [9.17, 15) is 4.39 Å². The van der Waals surface area contributed by atoms with Crippen LogP contribution < -0.4 is 10.1 Å². The molecule has 0 saturated heterocycles. The smallest absolute Gasteiger partial charge is 0.137 e. The third kappa shape index (κ3) is 4.68. The largest absolute Gasteiger partial charge is 0.490 e. The second-order valence-electron chi connectivity index (χ2n) is 10.7. The van der Waals surface area contributed by atoms with Gasteiger partial charge in [0.15, 0.2) is 0 Å². The maximum absolute atomic E-state index is 15.9. The first-order valence-electron chi connectivity index (χ1n) is 14.1. The molecule has 220 valence electrons. The number of thiophene rings is 1. The molecule has 1 N–H and O–H groups in total. The predicted molar refractivity (Wildman–Crippen MR) is 164 cm³/mol. The van der Waals surface area contributed by atoms with Gasteiger partial charge in [0.2, 0.25) is 0 Å². The van der Waals surface area contributed by atoms with Crippen LogP contribution in [0.4, 0.5) is 8.78 Å². The molecule has 0 spiro atoms. The number of hydrogen-bond donors (Lipinski definition) is 1. The number of halogens is 2. The van der Waals surface area contributed by atoms with Crippen LogP contribution in [-0.4, -0.2) is 51.2 Å². The minimum absolute atomic E-state index is 0.0854. The molecular weight excluding hydrogens is 570 g/mol. The summed E-state index contributed by atoms with van der Waals surface area (Å²) in [5.41, 5.74) is 6.30. The number of aromatic nitrogens is 5. The Morgan fingerprint density at radius 3 is 2.72 bits per heavy atom. The minimum atomic E-state index is -0.736. The lowest BCUT2D eigenvalue weighted by atomic mass is 9.95. The molecule has 2 aromatic carbocycles. The molecule has 11 heteroatoms. The van der Waals surface area contributed by atoms with Gasteiger partial charge in [-0.25, -0.2) is 18.7 Å². The number of rotatable bonds is 7. The summed E-state index contributed by atoms with van der Waals surface area (Å²) in [7, 11) is 3.54. The monoisotopic (exact) mass is 600 g/mol. The SMILES string of the molecule is COCCOc1cc(F)cc(F)c1-c1c(-c2cc3n(n2)CCNC3C)nc(-c2ccc3c(c2)nc(C)n3C)c2sccc12. The fraction of sp³-hybridized carbons (Fsp3) is 0.281. The Morgan fingerprint density at radius 2 is 1.91 bits per heavy atom. The van der Waals surface area contributed by atoms with E-state index in [-0.39, 0.29) is 30.6 Å². The molecule has 7 rings (SSSR count). The quantitative estimate of drug-likeness (QED) is 0.207. The summed E-state index contributed by atoms with van der Waals surface area (Å²) in [6.45, 7) is 5.95. The van der Waals surface area contributed by atoms with E-state index >= 15 is 4.39 Å². The van der Waals surface area contributed by atoms with Gasteiger partial charge in [0.25, 0.3) is 0 Å². The molecule has 0 radical (unpaired) electrons. The fourth-order valence-corrected chi connectivity index (χ4v) is 6.76. The molecule has 1 aliphatic rings. The molecule has 0 bridgehead atoms. The summed E-state index contributed by atoms with van der Waals surface area (Å²) < 4.78 is 46.4. The van der Waals surface area contributed by atoms with Crippen LogP contribution in [0.5, 0.6) is 5.75 Å². The zero-order valence-electron chi connectivity index (χ0n) is 24.2. The zero-order chi connectivity index (χ0) is 29.8. The van der Waals surface area contributed by atoms with Gasteiger partial charge in [-0.3, -0.25) is 4.68 Å². The van der Waals surface area contributed by atoms with Crippen molar-refractivity contribution in [2.75, 3.05) is 26.9 Å². The van der Waals surface area contributed by atoms with E-state index in [1.807, 2.05) is 54.4 Å². The number of benzene rings is 2. The molecule has 43 heavy (non-hydrogen) atoms. The van der Waals surface area contributed by atoms with Gasteiger partial charge in [-0.1, -0.05) is 6.07 Å². The van der Waals surface area contributed by atoms with E-state index in [4.69, 9.17) is 24.5 Å². The van der Waals surface area contributed by atoms with Crippen molar-refractivity contribution in [2.24, 2.45) is 7.05 Å². The Bertz CT molecular complexity index is 2010. The highest BCUT2D eigenvalue weighted by Crippen LogP contribution is 2.47. The Morgan fingerprint density at radius 1 is 1.05 bits per heavy atom. The van der Waals surface area contributed by atoms with E-state index in [0.29, 0.717) is 23.5 Å². The molecule has 1 aliphatic heterocycles. The van der Waals surface area contributed by atoms with Crippen molar-refractivity contribution in [1.29, 1.82) is 0 Å². The Labute approximate surface area is 250 Å². The first kappa shape index (κ1) is 27.6. The number of nitrogens with one attached hydrogen (secondary N) is 1. The molecule has 0 aliphatic carbocycles. The molecule has 8 nitrogen and oxygen atoms in total. The highest BCUT2D eigenvalue weighted by molar-refractivity contribution is 7.17. The van der Waals surface area contributed by atoms with Gasteiger partial charge < -0.3 is 19.4 Å². The van der Waals surface area contributed by atoms with Gasteiger partial charge in [0.1, 0.15) is 41.2 Å². The molecule has 0 amide bonds. The van der Waals surface area contributed by atoms with Crippen molar-refractivity contribution in [3.8, 4) is 39.5 Å². The number of methoxy groups -OCH3 is 1. The number of fused-ring (bicyclic) bond motifs is 3. The number of hydrogen-bond acceptors (Lipinski definition) is 7. The first-order chi connectivity index (χ1) is 20.8. The van der Waals surface area contributed by atoms with Crippen molar-refractivity contribution in [2.45, 2.75) is 26.4 Å². The van der Waals surface area contributed by atoms with Crippen molar-refractivity contribution in [3.05, 3.63) is 71.0 Å². The topological polar surface area (TPSA) is 79.0 Å². The van der Waals surface area contributed by atoms with Crippen LogP contribution in [0.3, 0.4) is 0 Å². The van der Waals surface area contributed by atoms with E-state index in [0.717, 1.165) is 56.5 Å². The second-order valence-corrected chi connectivity index (χ2v) is 11.6. The normalized spacial score (nSPS) is 15.0. The number of nitrogens with zero attached hydrogens (tertiary/aromatic N) is 5. The summed E-state index contributed by atoms with van der Waals surface area (Å²) >= 11 is 1.52. The summed E-state index contributed by atoms with van der Waals surface area (Å²) in [6, 6.07) is 12.3. The zero-order valence-corrected chi connectivity index (χ0v) is 25.1. The predicted octanol–water partition coefficient (Wildman–Crippen LogP) is 6.66. The van der Waals surface area contributed by atoms with E-state index in [2.05, 4.69) is 16.8 Å². The van der Waals surface area contributed by atoms with E-state index in [1.54, 1.807) is 7.11 Å². The van der Waals surface area contributed by atoms with Gasteiger partial charge in [-0.05, 0) is 43.5 Å². The maximum atomic E-state index is 15.9. The van der Waals surface area contributed by atoms with Crippen molar-refractivity contribution >= 4 is 32.5 Å². The molecular formula is C32H30F2N6O2S. The Hall–Kier alpha value is -4.19. The third-order valence-electron chi connectivity index (χ3n) is 8.07. The van der Waals surface area contributed by atoms with Crippen molar-refractivity contribution < 1.29 is 18.3 Å². The Balaban J connectivity index is 1.53. The lowest BCUT2D eigenvalue weighted by Gasteiger charge is -2.21. The van der Waals surface area contributed by atoms with Crippen LogP contribution in [0.2, 0.25) is 0 Å². The number of ether oxygens (including phenoxy) is 2. The third-order valence-corrected chi connectivity index (χ3v) is 8.99. The van der Waals surface area contributed by atoms with Crippen LogP contribution in [0, 0.1) is 18.6 Å². The van der Waals surface area contributed by atoms with Crippen LogP contribution in [0.25, 0.3) is 54.9 Å². The Kier molecular flexibility index (Phi) is 6.95. The number of imidazole rings is 1. The van der Waals surface area contributed by atoms with E-state index in [1.165, 1.54) is 17.4 Å². The summed E-state index contributed by atoms with van der Waals surface area (Å²) in [6.07, 6.45) is 0. The first-order valence-corrected chi connectivity index (χ1v) is 15.0. The van der Waals surface area contributed by atoms with Gasteiger partial charge in [-0.15, -0.1) is 11.3 Å².